The van der Waals surface area contributed by atoms with E-state index in [-0.39, 0.29) is 18.2 Å². The monoisotopic (exact) mass is 293 g/mol. The van der Waals surface area contributed by atoms with E-state index in [2.05, 4.69) is 34.0 Å². The average Bonchev–Trinajstić information content (AvgIpc) is 2.90. The van der Waals surface area contributed by atoms with Gasteiger partial charge in [0.25, 0.3) is 0 Å². The van der Waals surface area contributed by atoms with Crippen LogP contribution in [0.1, 0.15) is 32.1 Å². The van der Waals surface area contributed by atoms with E-state index < -0.39 is 6.04 Å². The summed E-state index contributed by atoms with van der Waals surface area (Å²) in [5.41, 5.74) is 0. The molecule has 2 amide bonds. The topological polar surface area (TPSA) is 79.3 Å². The molecule has 0 bridgehead atoms. The standard InChI is InChI=1S/C14H23N5O2/c1-10(2)19-7-5-16-12(19)9-18-6-4-17-14(21)11(18)8-13(20)15-3/h5,7,10-11H,4,6,8-9H2,1-3H3,(H,15,20)(H,17,21)/t11-/m0/s1. The molecule has 0 radical (unpaired) electrons. The quantitative estimate of drug-likeness (QED) is 0.794. The van der Waals surface area contributed by atoms with Crippen LogP contribution in [0.5, 0.6) is 0 Å². The molecule has 1 atom stereocenters. The van der Waals surface area contributed by atoms with E-state index in [0.29, 0.717) is 19.1 Å². The molecule has 0 spiro atoms. The molecule has 1 saturated heterocycles. The Morgan fingerprint density at radius 3 is 3.00 bits per heavy atom. The van der Waals surface area contributed by atoms with Crippen molar-refractivity contribution in [2.75, 3.05) is 20.1 Å². The molecular weight excluding hydrogens is 270 g/mol. The Bertz CT molecular complexity index is 511. The molecule has 7 heteroatoms. The number of carbonyl (C=O) groups excluding carboxylic acids is 2. The van der Waals surface area contributed by atoms with Crippen LogP contribution in [0.3, 0.4) is 0 Å². The van der Waals surface area contributed by atoms with Gasteiger partial charge >= 0.3 is 0 Å². The van der Waals surface area contributed by atoms with Gasteiger partial charge < -0.3 is 15.2 Å². The van der Waals surface area contributed by atoms with Gasteiger partial charge in [0.05, 0.1) is 19.0 Å². The smallest absolute Gasteiger partial charge is 0.237 e. The number of nitrogens with zero attached hydrogens (tertiary/aromatic N) is 3. The van der Waals surface area contributed by atoms with Crippen LogP contribution in [0.4, 0.5) is 0 Å². The molecule has 0 unspecified atom stereocenters. The first-order chi connectivity index (χ1) is 10.0. The lowest BCUT2D eigenvalue weighted by Gasteiger charge is -2.34. The predicted octanol–water partition coefficient (Wildman–Crippen LogP) is -0.0995. The number of carbonyl (C=O) groups is 2. The Kier molecular flexibility index (Phi) is 4.95. The van der Waals surface area contributed by atoms with E-state index in [4.69, 9.17) is 0 Å². The van der Waals surface area contributed by atoms with E-state index in [9.17, 15) is 9.59 Å². The number of rotatable bonds is 5. The lowest BCUT2D eigenvalue weighted by molar-refractivity contribution is -0.134. The lowest BCUT2D eigenvalue weighted by Crippen LogP contribution is -2.56. The zero-order valence-electron chi connectivity index (χ0n) is 12.8. The largest absolute Gasteiger partial charge is 0.359 e. The fraction of sp³-hybridized carbons (Fsp3) is 0.643. The number of amides is 2. The Labute approximate surface area is 124 Å². The van der Waals surface area contributed by atoms with E-state index in [1.807, 2.05) is 11.1 Å². The third-order valence-electron chi connectivity index (χ3n) is 3.75. The highest BCUT2D eigenvalue weighted by atomic mass is 16.2. The van der Waals surface area contributed by atoms with Crippen LogP contribution in [-0.2, 0) is 16.1 Å². The first-order valence-electron chi connectivity index (χ1n) is 7.27. The molecule has 1 aliphatic rings. The van der Waals surface area contributed by atoms with Crippen molar-refractivity contribution in [3.8, 4) is 0 Å². The van der Waals surface area contributed by atoms with Gasteiger partial charge in [0.15, 0.2) is 0 Å². The normalized spacial score (nSPS) is 19.6. The zero-order chi connectivity index (χ0) is 15.4. The maximum atomic E-state index is 12.0. The van der Waals surface area contributed by atoms with Gasteiger partial charge in [-0.05, 0) is 13.8 Å². The fourth-order valence-corrected chi connectivity index (χ4v) is 2.57. The zero-order valence-corrected chi connectivity index (χ0v) is 12.8. The number of piperazine rings is 1. The number of nitrogens with one attached hydrogen (secondary N) is 2. The maximum Gasteiger partial charge on any atom is 0.237 e. The second-order valence-corrected chi connectivity index (χ2v) is 5.50. The summed E-state index contributed by atoms with van der Waals surface area (Å²) in [5, 5.41) is 5.40. The van der Waals surface area contributed by atoms with Crippen LogP contribution >= 0.6 is 0 Å². The number of imidazole rings is 1. The van der Waals surface area contributed by atoms with Gasteiger partial charge in [-0.3, -0.25) is 14.5 Å². The molecule has 2 heterocycles. The number of hydrogen-bond donors (Lipinski definition) is 2. The van der Waals surface area contributed by atoms with Crippen LogP contribution in [0, 0.1) is 0 Å². The summed E-state index contributed by atoms with van der Waals surface area (Å²) in [6.07, 6.45) is 3.88. The minimum absolute atomic E-state index is 0.0903. The number of hydrogen-bond acceptors (Lipinski definition) is 4. The van der Waals surface area contributed by atoms with Gasteiger partial charge in [0, 0.05) is 38.6 Å². The Morgan fingerprint density at radius 1 is 1.57 bits per heavy atom. The van der Waals surface area contributed by atoms with E-state index in [1.54, 1.807) is 13.2 Å². The SMILES string of the molecule is CNC(=O)C[C@H]1C(=O)NCCN1Cc1nccn1C(C)C. The van der Waals surface area contributed by atoms with Gasteiger partial charge in [0.2, 0.25) is 11.8 Å². The maximum absolute atomic E-state index is 12.0. The fourth-order valence-electron chi connectivity index (χ4n) is 2.57. The molecule has 2 N–H and O–H groups in total. The second-order valence-electron chi connectivity index (χ2n) is 5.50. The van der Waals surface area contributed by atoms with Crippen LogP contribution in [0.15, 0.2) is 12.4 Å². The third-order valence-corrected chi connectivity index (χ3v) is 3.75. The molecule has 7 nitrogen and oxygen atoms in total. The van der Waals surface area contributed by atoms with Crippen molar-refractivity contribution < 1.29 is 9.59 Å². The average molecular weight is 293 g/mol. The molecule has 1 aliphatic heterocycles. The summed E-state index contributed by atoms with van der Waals surface area (Å²) in [4.78, 5) is 30.1. The highest BCUT2D eigenvalue weighted by Crippen LogP contribution is 2.15. The lowest BCUT2D eigenvalue weighted by atomic mass is 10.1. The Balaban J connectivity index is 2.13. The van der Waals surface area contributed by atoms with Crippen molar-refractivity contribution in [1.29, 1.82) is 0 Å². The van der Waals surface area contributed by atoms with Crippen LogP contribution in [0.25, 0.3) is 0 Å². The second kappa shape index (κ2) is 6.71. The van der Waals surface area contributed by atoms with E-state index in [1.165, 1.54) is 0 Å². The molecule has 1 aromatic heterocycles. The van der Waals surface area contributed by atoms with Crippen LogP contribution in [0.2, 0.25) is 0 Å². The van der Waals surface area contributed by atoms with E-state index in [0.717, 1.165) is 12.4 Å². The molecule has 2 rings (SSSR count). The highest BCUT2D eigenvalue weighted by Gasteiger charge is 2.32. The molecule has 1 fully saturated rings. The van der Waals surface area contributed by atoms with Gasteiger partial charge in [0.1, 0.15) is 5.82 Å². The number of aromatic nitrogens is 2. The predicted molar refractivity (Wildman–Crippen MR) is 78.5 cm³/mol. The molecular formula is C14H23N5O2. The van der Waals surface area contributed by atoms with Gasteiger partial charge in [-0.2, -0.15) is 0 Å². The molecule has 0 saturated carbocycles. The molecule has 21 heavy (non-hydrogen) atoms. The molecule has 0 aromatic carbocycles. The summed E-state index contributed by atoms with van der Waals surface area (Å²) < 4.78 is 2.09. The van der Waals surface area contributed by atoms with E-state index >= 15 is 0 Å². The molecule has 116 valence electrons. The van der Waals surface area contributed by atoms with Crippen molar-refractivity contribution in [2.24, 2.45) is 0 Å². The van der Waals surface area contributed by atoms with Crippen LogP contribution < -0.4 is 10.6 Å². The van der Waals surface area contributed by atoms with Gasteiger partial charge in [-0.25, -0.2) is 4.98 Å². The van der Waals surface area contributed by atoms with Gasteiger partial charge in [-0.1, -0.05) is 0 Å². The highest BCUT2D eigenvalue weighted by molar-refractivity contribution is 5.88. The third kappa shape index (κ3) is 3.60. The van der Waals surface area contributed by atoms with Crippen LogP contribution in [-0.4, -0.2) is 52.4 Å². The summed E-state index contributed by atoms with van der Waals surface area (Å²) >= 11 is 0. The summed E-state index contributed by atoms with van der Waals surface area (Å²) in [6, 6.07) is -0.116. The summed E-state index contributed by atoms with van der Waals surface area (Å²) in [7, 11) is 1.58. The Morgan fingerprint density at radius 2 is 2.33 bits per heavy atom. The van der Waals surface area contributed by atoms with Gasteiger partial charge in [-0.15, -0.1) is 0 Å². The first-order valence-corrected chi connectivity index (χ1v) is 7.27. The molecule has 1 aromatic rings. The van der Waals surface area contributed by atoms with Crippen molar-refractivity contribution >= 4 is 11.8 Å². The summed E-state index contributed by atoms with van der Waals surface area (Å²) in [5.74, 6) is 0.698. The van der Waals surface area contributed by atoms with Crippen molar-refractivity contribution in [2.45, 2.75) is 38.9 Å². The van der Waals surface area contributed by atoms with Crippen molar-refractivity contribution in [1.82, 2.24) is 25.1 Å². The molecule has 0 aliphatic carbocycles. The first kappa shape index (κ1) is 15.5. The minimum Gasteiger partial charge on any atom is -0.359 e. The van der Waals surface area contributed by atoms with Crippen molar-refractivity contribution in [3.63, 3.8) is 0 Å². The Hall–Kier alpha value is -1.89. The summed E-state index contributed by atoms with van der Waals surface area (Å²) in [6.45, 7) is 6.08. The van der Waals surface area contributed by atoms with Crippen molar-refractivity contribution in [3.05, 3.63) is 18.2 Å². The minimum atomic E-state index is -0.434.